The van der Waals surface area contributed by atoms with Gasteiger partial charge < -0.3 is 4.74 Å². The fraction of sp³-hybridized carbons (Fsp3) is 0.0952. The summed E-state index contributed by atoms with van der Waals surface area (Å²) < 4.78 is 34.9. The number of methoxy groups -OCH3 is 1. The second-order valence-corrected chi connectivity index (χ2v) is 8.76. The van der Waals surface area contributed by atoms with Crippen molar-refractivity contribution in [3.63, 3.8) is 0 Å². The summed E-state index contributed by atoms with van der Waals surface area (Å²) in [6, 6.07) is 10.8. The Labute approximate surface area is 183 Å². The molecule has 3 aromatic heterocycles. The van der Waals surface area contributed by atoms with E-state index in [4.69, 9.17) is 16.3 Å². The molecule has 158 valence electrons. The lowest BCUT2D eigenvalue weighted by Gasteiger charge is -2.14. The number of benzene rings is 1. The van der Waals surface area contributed by atoms with E-state index in [9.17, 15) is 13.2 Å². The summed E-state index contributed by atoms with van der Waals surface area (Å²) >= 11 is 6.06. The van der Waals surface area contributed by atoms with E-state index in [0.717, 1.165) is 5.56 Å². The molecular formula is C21H17ClN4O4S. The maximum absolute atomic E-state index is 12.9. The highest BCUT2D eigenvalue weighted by atomic mass is 35.5. The third kappa shape index (κ3) is 3.97. The third-order valence-electron chi connectivity index (χ3n) is 4.66. The third-order valence-corrected chi connectivity index (χ3v) is 6.53. The van der Waals surface area contributed by atoms with Gasteiger partial charge in [0.1, 0.15) is 16.2 Å². The first-order valence-corrected chi connectivity index (χ1v) is 11.0. The highest BCUT2D eigenvalue weighted by molar-refractivity contribution is 7.92. The fourth-order valence-corrected chi connectivity index (χ4v) is 4.74. The first-order valence-electron chi connectivity index (χ1n) is 9.10. The number of sulfonamides is 1. The Balaban J connectivity index is 1.83. The number of aryl methyl sites for hydroxylation is 1. The number of rotatable bonds is 5. The van der Waals surface area contributed by atoms with Crippen LogP contribution in [0.5, 0.6) is 5.88 Å². The van der Waals surface area contributed by atoms with Crippen molar-refractivity contribution in [3.8, 4) is 17.0 Å². The van der Waals surface area contributed by atoms with Crippen LogP contribution in [0.1, 0.15) is 5.56 Å². The minimum absolute atomic E-state index is 0.0661. The molecule has 4 rings (SSSR count). The normalized spacial score (nSPS) is 11.5. The summed E-state index contributed by atoms with van der Waals surface area (Å²) in [7, 11) is -2.60. The van der Waals surface area contributed by atoms with E-state index in [1.54, 1.807) is 36.7 Å². The van der Waals surface area contributed by atoms with E-state index in [1.165, 1.54) is 35.9 Å². The number of halogens is 1. The topological polar surface area (TPSA) is 103 Å². The molecule has 1 aromatic carbocycles. The van der Waals surface area contributed by atoms with Crippen LogP contribution in [0.3, 0.4) is 0 Å². The van der Waals surface area contributed by atoms with Crippen LogP contribution in [-0.2, 0) is 10.0 Å². The molecule has 0 spiro atoms. The lowest BCUT2D eigenvalue weighted by molar-refractivity contribution is 0.400. The Morgan fingerprint density at radius 3 is 2.65 bits per heavy atom. The Hall–Kier alpha value is -3.43. The van der Waals surface area contributed by atoms with Gasteiger partial charge in [-0.25, -0.2) is 18.4 Å². The maximum Gasteiger partial charge on any atom is 0.263 e. The molecule has 0 radical (unpaired) electrons. The van der Waals surface area contributed by atoms with Crippen molar-refractivity contribution in [3.05, 3.63) is 82.0 Å². The summed E-state index contributed by atoms with van der Waals surface area (Å²) in [5, 5.41) is 0.0929. The van der Waals surface area contributed by atoms with Gasteiger partial charge in [0.05, 0.1) is 12.1 Å². The van der Waals surface area contributed by atoms with Crippen LogP contribution >= 0.6 is 11.6 Å². The van der Waals surface area contributed by atoms with Crippen molar-refractivity contribution in [1.82, 2.24) is 14.4 Å². The van der Waals surface area contributed by atoms with Gasteiger partial charge in [-0.2, -0.15) is 0 Å². The van der Waals surface area contributed by atoms with Gasteiger partial charge >= 0.3 is 0 Å². The fourth-order valence-electron chi connectivity index (χ4n) is 3.17. The van der Waals surface area contributed by atoms with Gasteiger partial charge in [-0.15, -0.1) is 0 Å². The van der Waals surface area contributed by atoms with Crippen LogP contribution in [0, 0.1) is 6.92 Å². The number of hydrogen-bond acceptors (Lipinski definition) is 6. The molecule has 4 aromatic rings. The van der Waals surface area contributed by atoms with Gasteiger partial charge in [-0.05, 0) is 36.8 Å². The molecule has 3 heterocycles. The lowest BCUT2D eigenvalue weighted by Crippen LogP contribution is -2.15. The second-order valence-electron chi connectivity index (χ2n) is 6.70. The largest absolute Gasteiger partial charge is 0.480 e. The second kappa shape index (κ2) is 8.01. The van der Waals surface area contributed by atoms with Crippen LogP contribution < -0.4 is 15.0 Å². The van der Waals surface area contributed by atoms with E-state index in [-0.39, 0.29) is 27.0 Å². The van der Waals surface area contributed by atoms with Crippen molar-refractivity contribution in [2.24, 2.45) is 0 Å². The molecule has 0 amide bonds. The summed E-state index contributed by atoms with van der Waals surface area (Å²) in [5.74, 6) is 0.0941. The van der Waals surface area contributed by atoms with Crippen LogP contribution in [0.4, 0.5) is 5.69 Å². The predicted octanol–water partition coefficient (Wildman–Crippen LogP) is 3.53. The molecular weight excluding hydrogens is 440 g/mol. The minimum Gasteiger partial charge on any atom is -0.480 e. The molecule has 0 aliphatic rings. The van der Waals surface area contributed by atoms with Crippen molar-refractivity contribution in [2.75, 3.05) is 11.8 Å². The number of ether oxygens (including phenoxy) is 1. The smallest absolute Gasteiger partial charge is 0.263 e. The summed E-state index contributed by atoms with van der Waals surface area (Å²) in [4.78, 5) is 20.6. The average molecular weight is 457 g/mol. The predicted molar refractivity (Wildman–Crippen MR) is 118 cm³/mol. The summed E-state index contributed by atoms with van der Waals surface area (Å²) in [6.07, 6.45) is 4.64. The Kier molecular flexibility index (Phi) is 5.38. The van der Waals surface area contributed by atoms with E-state index in [1.807, 2.05) is 6.92 Å². The van der Waals surface area contributed by atoms with Crippen LogP contribution in [0.15, 0.2) is 70.7 Å². The molecule has 10 heteroatoms. The molecule has 0 saturated carbocycles. The minimum atomic E-state index is -3.99. The zero-order valence-corrected chi connectivity index (χ0v) is 18.1. The monoisotopic (exact) mass is 456 g/mol. The molecule has 0 atom stereocenters. The Bertz CT molecular complexity index is 1470. The lowest BCUT2D eigenvalue weighted by atomic mass is 10.0. The zero-order chi connectivity index (χ0) is 22.2. The van der Waals surface area contributed by atoms with E-state index in [0.29, 0.717) is 16.8 Å². The number of nitrogens with one attached hydrogen (secondary N) is 1. The molecule has 0 bridgehead atoms. The SMILES string of the molecule is COc1ncc(-c2cn3c(=O)ccnc3cc2C)cc1NS(=O)(=O)c1ccccc1Cl. The van der Waals surface area contributed by atoms with Gasteiger partial charge in [0.25, 0.3) is 15.6 Å². The highest BCUT2D eigenvalue weighted by Crippen LogP contribution is 2.32. The summed E-state index contributed by atoms with van der Waals surface area (Å²) in [6.45, 7) is 1.87. The van der Waals surface area contributed by atoms with Gasteiger partial charge in [0.2, 0.25) is 5.88 Å². The van der Waals surface area contributed by atoms with Gasteiger partial charge in [0, 0.05) is 35.8 Å². The van der Waals surface area contributed by atoms with Crippen molar-refractivity contribution >= 4 is 33.0 Å². The zero-order valence-electron chi connectivity index (χ0n) is 16.5. The first kappa shape index (κ1) is 20.8. The van der Waals surface area contributed by atoms with Crippen molar-refractivity contribution in [2.45, 2.75) is 11.8 Å². The summed E-state index contributed by atoms with van der Waals surface area (Å²) in [5.41, 5.74) is 2.54. The van der Waals surface area contributed by atoms with Gasteiger partial charge in [0.15, 0.2) is 0 Å². The number of fused-ring (bicyclic) bond motifs is 1. The van der Waals surface area contributed by atoms with Crippen LogP contribution in [0.2, 0.25) is 5.02 Å². The number of aromatic nitrogens is 3. The van der Waals surface area contributed by atoms with E-state index >= 15 is 0 Å². The Morgan fingerprint density at radius 1 is 1.13 bits per heavy atom. The van der Waals surface area contributed by atoms with Gasteiger partial charge in [-0.3, -0.25) is 13.9 Å². The molecule has 0 aliphatic heterocycles. The number of pyridine rings is 2. The number of hydrogen-bond donors (Lipinski definition) is 1. The Morgan fingerprint density at radius 2 is 1.90 bits per heavy atom. The maximum atomic E-state index is 12.9. The van der Waals surface area contributed by atoms with Crippen LogP contribution in [-0.4, -0.2) is 29.9 Å². The molecule has 0 unspecified atom stereocenters. The molecule has 0 aliphatic carbocycles. The van der Waals surface area contributed by atoms with Crippen molar-refractivity contribution in [1.29, 1.82) is 0 Å². The van der Waals surface area contributed by atoms with Crippen molar-refractivity contribution < 1.29 is 13.2 Å². The van der Waals surface area contributed by atoms with Gasteiger partial charge in [-0.1, -0.05) is 23.7 Å². The standard InChI is InChI=1S/C21H17ClN4O4S/c1-13-9-19-23-8-7-20(27)26(19)12-15(13)14-10-17(21(30-2)24-11-14)25-31(28,29)18-6-4-3-5-16(18)22/h3-12,25H,1-2H3. The van der Waals surface area contributed by atoms with Crippen LogP contribution in [0.25, 0.3) is 16.8 Å². The molecule has 1 N–H and O–H groups in total. The van der Waals surface area contributed by atoms with E-state index < -0.39 is 10.0 Å². The highest BCUT2D eigenvalue weighted by Gasteiger charge is 2.21. The number of nitrogens with zero attached hydrogens (tertiary/aromatic N) is 3. The molecule has 8 nitrogen and oxygen atoms in total. The van der Waals surface area contributed by atoms with E-state index in [2.05, 4.69) is 14.7 Å². The average Bonchev–Trinajstić information content (AvgIpc) is 2.73. The molecule has 0 saturated heterocycles. The number of anilines is 1. The molecule has 0 fully saturated rings. The molecule has 31 heavy (non-hydrogen) atoms. The first-order chi connectivity index (χ1) is 14.8. The quantitative estimate of drug-likeness (QED) is 0.493.